The van der Waals surface area contributed by atoms with Gasteiger partial charge in [-0.25, -0.2) is 0 Å². The Morgan fingerprint density at radius 3 is 2.70 bits per heavy atom. The monoisotopic (exact) mass is 295 g/mol. The normalized spacial score (nSPS) is 24.4. The van der Waals surface area contributed by atoms with Crippen LogP contribution >= 0.6 is 11.8 Å². The third kappa shape index (κ3) is 2.83. The summed E-state index contributed by atoms with van der Waals surface area (Å²) in [6.07, 6.45) is 3.02. The molecule has 112 valence electrons. The van der Waals surface area contributed by atoms with Gasteiger partial charge in [0, 0.05) is 22.9 Å². The molecule has 0 fully saturated rings. The molecular formula is C16H25NO2S. The van der Waals surface area contributed by atoms with E-state index in [1.54, 1.807) is 17.8 Å². The number of thioether (sulfide) groups is 1. The summed E-state index contributed by atoms with van der Waals surface area (Å²) < 4.78 is 0. The molecule has 0 heterocycles. The van der Waals surface area contributed by atoms with Crippen molar-refractivity contribution in [2.24, 2.45) is 0 Å². The van der Waals surface area contributed by atoms with E-state index in [9.17, 15) is 10.2 Å². The van der Waals surface area contributed by atoms with Crippen molar-refractivity contribution in [3.63, 3.8) is 0 Å². The number of phenols is 1. The molecule has 4 heteroatoms. The number of hydrogen-bond acceptors (Lipinski definition) is 4. The van der Waals surface area contributed by atoms with Crippen molar-refractivity contribution < 1.29 is 10.2 Å². The number of hydrogen-bond donors (Lipinski definition) is 3. The number of rotatable bonds is 5. The fourth-order valence-electron chi connectivity index (χ4n) is 3.36. The molecule has 20 heavy (non-hydrogen) atoms. The molecule has 0 aliphatic heterocycles. The van der Waals surface area contributed by atoms with Gasteiger partial charge < -0.3 is 15.5 Å². The zero-order valence-corrected chi connectivity index (χ0v) is 13.5. The molecule has 0 saturated heterocycles. The predicted molar refractivity (Wildman–Crippen MR) is 85.6 cm³/mol. The quantitative estimate of drug-likeness (QED) is 0.782. The fourth-order valence-corrected chi connectivity index (χ4v) is 3.99. The van der Waals surface area contributed by atoms with E-state index < -0.39 is 0 Å². The zero-order chi connectivity index (χ0) is 14.9. The van der Waals surface area contributed by atoms with Crippen LogP contribution in [0, 0.1) is 6.92 Å². The van der Waals surface area contributed by atoms with Crippen molar-refractivity contribution in [2.45, 2.75) is 50.4 Å². The van der Waals surface area contributed by atoms with Crippen LogP contribution in [0.3, 0.4) is 0 Å². The summed E-state index contributed by atoms with van der Waals surface area (Å²) in [6.45, 7) is 6.60. The first kappa shape index (κ1) is 15.7. The van der Waals surface area contributed by atoms with Crippen LogP contribution in [-0.2, 0) is 0 Å². The Bertz CT molecular complexity index is 474. The molecule has 1 aromatic rings. The maximum absolute atomic E-state index is 10.2. The first-order valence-electron chi connectivity index (χ1n) is 7.21. The van der Waals surface area contributed by atoms with Crippen LogP contribution in [0.5, 0.6) is 5.75 Å². The van der Waals surface area contributed by atoms with Gasteiger partial charge in [0.05, 0.1) is 6.61 Å². The summed E-state index contributed by atoms with van der Waals surface area (Å²) in [7, 11) is 0. The molecule has 2 rings (SSSR count). The van der Waals surface area contributed by atoms with E-state index in [4.69, 9.17) is 0 Å². The smallest absolute Gasteiger partial charge is 0.120 e. The van der Waals surface area contributed by atoms with Gasteiger partial charge in [0.15, 0.2) is 0 Å². The van der Waals surface area contributed by atoms with Crippen LogP contribution in [-0.4, -0.2) is 34.4 Å². The topological polar surface area (TPSA) is 52.5 Å². The van der Waals surface area contributed by atoms with Crippen molar-refractivity contribution in [1.82, 2.24) is 5.32 Å². The second kappa shape index (κ2) is 6.37. The Labute approximate surface area is 125 Å². The van der Waals surface area contributed by atoms with E-state index >= 15 is 0 Å². The molecule has 4 unspecified atom stereocenters. The summed E-state index contributed by atoms with van der Waals surface area (Å²) in [4.78, 5) is 0. The molecule has 3 nitrogen and oxygen atoms in total. The number of benzene rings is 1. The molecule has 0 radical (unpaired) electrons. The first-order valence-corrected chi connectivity index (χ1v) is 8.50. The number of aryl methyl sites for hydroxylation is 1. The average Bonchev–Trinajstić information content (AvgIpc) is 2.73. The van der Waals surface area contributed by atoms with E-state index in [1.165, 1.54) is 11.1 Å². The molecule has 3 N–H and O–H groups in total. The number of fused-ring (bicyclic) bond motifs is 1. The van der Waals surface area contributed by atoms with E-state index in [0.29, 0.717) is 11.7 Å². The average molecular weight is 295 g/mol. The lowest BCUT2D eigenvalue weighted by Crippen LogP contribution is -2.39. The van der Waals surface area contributed by atoms with E-state index in [-0.39, 0.29) is 23.9 Å². The highest BCUT2D eigenvalue weighted by atomic mass is 32.2. The zero-order valence-electron chi connectivity index (χ0n) is 12.7. The van der Waals surface area contributed by atoms with E-state index in [2.05, 4.69) is 26.1 Å². The maximum Gasteiger partial charge on any atom is 0.120 e. The van der Waals surface area contributed by atoms with Gasteiger partial charge in [0.25, 0.3) is 0 Å². The van der Waals surface area contributed by atoms with E-state index in [0.717, 1.165) is 12.0 Å². The van der Waals surface area contributed by atoms with Crippen molar-refractivity contribution in [1.29, 1.82) is 0 Å². The molecule has 0 spiro atoms. The number of aliphatic hydroxyl groups is 1. The third-order valence-electron chi connectivity index (χ3n) is 4.42. The van der Waals surface area contributed by atoms with Crippen LogP contribution in [0.4, 0.5) is 0 Å². The second-order valence-electron chi connectivity index (χ2n) is 5.83. The first-order chi connectivity index (χ1) is 9.49. The largest absolute Gasteiger partial charge is 0.508 e. The van der Waals surface area contributed by atoms with Crippen LogP contribution < -0.4 is 5.32 Å². The minimum absolute atomic E-state index is 0.171. The molecule has 1 aliphatic carbocycles. The predicted octanol–water partition coefficient (Wildman–Crippen LogP) is 2.95. The van der Waals surface area contributed by atoms with Gasteiger partial charge in [-0.15, -0.1) is 0 Å². The fraction of sp³-hybridized carbons (Fsp3) is 0.625. The molecule has 1 aromatic carbocycles. The summed E-state index contributed by atoms with van der Waals surface area (Å²) in [5, 5.41) is 23.4. The molecule has 0 bridgehead atoms. The highest BCUT2D eigenvalue weighted by Crippen LogP contribution is 2.46. The molecule has 4 atom stereocenters. The maximum atomic E-state index is 10.2. The minimum Gasteiger partial charge on any atom is -0.508 e. The van der Waals surface area contributed by atoms with Crippen LogP contribution in [0.1, 0.15) is 48.9 Å². The lowest BCUT2D eigenvalue weighted by Gasteiger charge is -2.26. The van der Waals surface area contributed by atoms with Crippen molar-refractivity contribution in [3.05, 3.63) is 28.8 Å². The molecule has 0 amide bonds. The van der Waals surface area contributed by atoms with Gasteiger partial charge in [-0.2, -0.15) is 11.8 Å². The van der Waals surface area contributed by atoms with E-state index in [1.807, 2.05) is 12.3 Å². The second-order valence-corrected chi connectivity index (χ2v) is 6.91. The lowest BCUT2D eigenvalue weighted by atomic mass is 9.97. The Hall–Kier alpha value is -0.710. The van der Waals surface area contributed by atoms with Crippen LogP contribution in [0.2, 0.25) is 0 Å². The van der Waals surface area contributed by atoms with Gasteiger partial charge in [-0.05, 0) is 49.6 Å². The summed E-state index contributed by atoms with van der Waals surface area (Å²) >= 11 is 1.68. The number of nitrogens with one attached hydrogen (secondary N) is 1. The summed E-state index contributed by atoms with van der Waals surface area (Å²) in [5.74, 6) is 0.855. The standard InChI is InChI=1S/C16H25NO2S/c1-9-5-6-13(19)16-12(7-10(2)15(9)16)17-11(3)14(8-18)20-4/h5-6,10-12,14,17-19H,7-8H2,1-4H3. The molecule has 0 aromatic heterocycles. The Balaban J connectivity index is 2.24. The van der Waals surface area contributed by atoms with Gasteiger partial charge in [-0.3, -0.25) is 0 Å². The molecule has 0 saturated carbocycles. The van der Waals surface area contributed by atoms with Gasteiger partial charge in [-0.1, -0.05) is 13.0 Å². The number of aromatic hydroxyl groups is 1. The minimum atomic E-state index is 0.171. The van der Waals surface area contributed by atoms with Gasteiger partial charge >= 0.3 is 0 Å². The Morgan fingerprint density at radius 2 is 2.10 bits per heavy atom. The van der Waals surface area contributed by atoms with Gasteiger partial charge in [0.2, 0.25) is 0 Å². The van der Waals surface area contributed by atoms with Gasteiger partial charge in [0.1, 0.15) is 5.75 Å². The number of phenolic OH excluding ortho intramolecular Hbond substituents is 1. The van der Waals surface area contributed by atoms with Crippen LogP contribution in [0.25, 0.3) is 0 Å². The SMILES string of the molecule is CSC(CO)C(C)NC1CC(C)c2c(C)ccc(O)c21. The summed E-state index contributed by atoms with van der Waals surface area (Å²) in [5.41, 5.74) is 3.60. The van der Waals surface area contributed by atoms with Crippen LogP contribution in [0.15, 0.2) is 12.1 Å². The molecule has 1 aliphatic rings. The molecular weight excluding hydrogens is 270 g/mol. The highest BCUT2D eigenvalue weighted by Gasteiger charge is 2.33. The lowest BCUT2D eigenvalue weighted by molar-refractivity contribution is 0.269. The third-order valence-corrected chi connectivity index (χ3v) is 5.58. The Kier molecular flexibility index (Phi) is 4.99. The van der Waals surface area contributed by atoms with Crippen molar-refractivity contribution >= 4 is 11.8 Å². The van der Waals surface area contributed by atoms with Crippen molar-refractivity contribution in [2.75, 3.05) is 12.9 Å². The summed E-state index contributed by atoms with van der Waals surface area (Å²) in [6, 6.07) is 4.17. The number of aliphatic hydroxyl groups excluding tert-OH is 1. The van der Waals surface area contributed by atoms with Crippen molar-refractivity contribution in [3.8, 4) is 5.75 Å². The Morgan fingerprint density at radius 1 is 1.40 bits per heavy atom. The highest BCUT2D eigenvalue weighted by molar-refractivity contribution is 7.99.